The van der Waals surface area contributed by atoms with Crippen LogP contribution in [0.1, 0.15) is 49.7 Å². The van der Waals surface area contributed by atoms with E-state index >= 15 is 0 Å². The quantitative estimate of drug-likeness (QED) is 0.269. The molecule has 0 amide bonds. The molecule has 0 saturated carbocycles. The lowest BCUT2D eigenvalue weighted by molar-refractivity contribution is 0.470. The number of hydrogen-bond acceptors (Lipinski definition) is 3. The van der Waals surface area contributed by atoms with Crippen LogP contribution in [0.3, 0.4) is 0 Å². The Morgan fingerprint density at radius 1 is 1.33 bits per heavy atom. The van der Waals surface area contributed by atoms with Gasteiger partial charge in [0.15, 0.2) is 5.96 Å². The van der Waals surface area contributed by atoms with Crippen LogP contribution in [-0.4, -0.2) is 50.8 Å². The molecule has 0 aliphatic carbocycles. The van der Waals surface area contributed by atoms with Gasteiger partial charge < -0.3 is 14.8 Å². The van der Waals surface area contributed by atoms with Gasteiger partial charge in [0.2, 0.25) is 0 Å². The zero-order valence-electron chi connectivity index (χ0n) is 17.4. The molecule has 0 atom stereocenters. The first-order valence-corrected chi connectivity index (χ1v) is 9.34. The van der Waals surface area contributed by atoms with Gasteiger partial charge >= 0.3 is 0 Å². The predicted molar refractivity (Wildman–Crippen MR) is 122 cm³/mol. The number of guanidine groups is 1. The number of unbranched alkanes of at least 4 members (excludes halogenated alkanes) is 1. The molecule has 152 valence electrons. The van der Waals surface area contributed by atoms with E-state index in [0.29, 0.717) is 5.92 Å². The van der Waals surface area contributed by atoms with Crippen molar-refractivity contribution >= 4 is 29.9 Å². The molecule has 0 spiro atoms. The lowest BCUT2D eigenvalue weighted by Gasteiger charge is -2.22. The molecule has 2 heterocycles. The van der Waals surface area contributed by atoms with Crippen molar-refractivity contribution in [1.82, 2.24) is 29.5 Å². The van der Waals surface area contributed by atoms with Crippen LogP contribution in [0.25, 0.3) is 0 Å². The number of imidazole rings is 1. The Bertz CT molecular complexity index is 717. The molecule has 0 aromatic carbocycles. The fourth-order valence-corrected chi connectivity index (χ4v) is 3.13. The van der Waals surface area contributed by atoms with Gasteiger partial charge in [-0.3, -0.25) is 9.67 Å². The van der Waals surface area contributed by atoms with E-state index in [0.717, 1.165) is 50.0 Å². The third-order valence-corrected chi connectivity index (χ3v) is 4.50. The second kappa shape index (κ2) is 11.3. The number of nitrogens with one attached hydrogen (secondary N) is 1. The third-order valence-electron chi connectivity index (χ3n) is 4.50. The van der Waals surface area contributed by atoms with Gasteiger partial charge in [0.1, 0.15) is 5.82 Å². The van der Waals surface area contributed by atoms with E-state index in [1.54, 1.807) is 0 Å². The number of nitrogens with zero attached hydrogens (tertiary/aromatic N) is 6. The molecule has 27 heavy (non-hydrogen) atoms. The fraction of sp³-hybridized carbons (Fsp3) is 0.632. The van der Waals surface area contributed by atoms with E-state index in [1.807, 2.05) is 38.1 Å². The van der Waals surface area contributed by atoms with Crippen LogP contribution in [0.4, 0.5) is 0 Å². The molecule has 1 N–H and O–H groups in total. The van der Waals surface area contributed by atoms with Crippen molar-refractivity contribution < 1.29 is 0 Å². The highest BCUT2D eigenvalue weighted by Gasteiger charge is 2.14. The molecule has 0 aliphatic rings. The maximum Gasteiger partial charge on any atom is 0.193 e. The van der Waals surface area contributed by atoms with Crippen LogP contribution in [-0.2, 0) is 20.1 Å². The molecule has 0 bridgehead atoms. The molecule has 0 aliphatic heterocycles. The third kappa shape index (κ3) is 6.82. The first-order chi connectivity index (χ1) is 12.4. The van der Waals surface area contributed by atoms with Crippen LogP contribution >= 0.6 is 24.0 Å². The monoisotopic (exact) mass is 487 g/mol. The van der Waals surface area contributed by atoms with E-state index in [1.165, 1.54) is 5.56 Å². The fourth-order valence-electron chi connectivity index (χ4n) is 3.13. The van der Waals surface area contributed by atoms with E-state index in [2.05, 4.69) is 57.0 Å². The van der Waals surface area contributed by atoms with E-state index in [4.69, 9.17) is 0 Å². The van der Waals surface area contributed by atoms with Crippen molar-refractivity contribution in [3.63, 3.8) is 0 Å². The van der Waals surface area contributed by atoms with Crippen molar-refractivity contribution in [2.45, 2.75) is 52.6 Å². The van der Waals surface area contributed by atoms with Crippen LogP contribution in [0.15, 0.2) is 23.6 Å². The number of aryl methyl sites for hydroxylation is 3. The topological polar surface area (TPSA) is 63.3 Å². The average molecular weight is 487 g/mol. The molecular formula is C19H34IN7. The van der Waals surface area contributed by atoms with E-state index in [-0.39, 0.29) is 24.0 Å². The Kier molecular flexibility index (Phi) is 9.82. The van der Waals surface area contributed by atoms with Crippen molar-refractivity contribution in [1.29, 1.82) is 0 Å². The van der Waals surface area contributed by atoms with E-state index < -0.39 is 0 Å². The maximum absolute atomic E-state index is 4.59. The Balaban J connectivity index is 0.00000364. The Labute approximate surface area is 180 Å². The van der Waals surface area contributed by atoms with Crippen molar-refractivity contribution in [3.8, 4) is 0 Å². The molecule has 0 radical (unpaired) electrons. The molecule has 0 saturated heterocycles. The minimum atomic E-state index is 0. The van der Waals surface area contributed by atoms with Gasteiger partial charge in [-0.25, -0.2) is 4.98 Å². The molecule has 8 heteroatoms. The van der Waals surface area contributed by atoms with Gasteiger partial charge in [0.05, 0.1) is 5.69 Å². The summed E-state index contributed by atoms with van der Waals surface area (Å²) in [7, 11) is 5.88. The summed E-state index contributed by atoms with van der Waals surface area (Å²) in [6.07, 6.45) is 8.20. The highest BCUT2D eigenvalue weighted by Crippen LogP contribution is 2.18. The number of halogens is 1. The summed E-state index contributed by atoms with van der Waals surface area (Å²) in [4.78, 5) is 10.8. The standard InChI is InChI=1S/C19H33N7.HI/c1-15(2)18-17(14-25(6)23-18)13-24(5)19(20-4)22-9-7-8-11-26-12-10-21-16(26)3;/h10,12,14-15H,7-9,11,13H2,1-6H3,(H,20,22);1H. The minimum Gasteiger partial charge on any atom is -0.356 e. The molecule has 2 rings (SSSR count). The Hall–Kier alpha value is -1.58. The lowest BCUT2D eigenvalue weighted by atomic mass is 10.1. The number of rotatable bonds is 8. The second-order valence-electron chi connectivity index (χ2n) is 7.07. The first kappa shape index (κ1) is 23.5. The van der Waals surface area contributed by atoms with Crippen LogP contribution in [0.5, 0.6) is 0 Å². The zero-order chi connectivity index (χ0) is 19.1. The molecule has 0 fully saturated rings. The van der Waals surface area contributed by atoms with Gasteiger partial charge in [-0.15, -0.1) is 24.0 Å². The molecule has 7 nitrogen and oxygen atoms in total. The molecule has 2 aromatic rings. The molecular weight excluding hydrogens is 453 g/mol. The highest BCUT2D eigenvalue weighted by atomic mass is 127. The normalized spacial score (nSPS) is 11.6. The smallest absolute Gasteiger partial charge is 0.193 e. The summed E-state index contributed by atoms with van der Waals surface area (Å²) >= 11 is 0. The van der Waals surface area contributed by atoms with Gasteiger partial charge in [-0.05, 0) is 25.7 Å². The molecule has 2 aromatic heterocycles. The summed E-state index contributed by atoms with van der Waals surface area (Å²) in [5, 5.41) is 8.05. The van der Waals surface area contributed by atoms with Crippen LogP contribution < -0.4 is 5.32 Å². The van der Waals surface area contributed by atoms with Crippen LogP contribution in [0, 0.1) is 6.92 Å². The zero-order valence-corrected chi connectivity index (χ0v) is 19.8. The predicted octanol–water partition coefficient (Wildman–Crippen LogP) is 3.15. The van der Waals surface area contributed by atoms with Gasteiger partial charge in [-0.2, -0.15) is 5.10 Å². The van der Waals surface area contributed by atoms with Crippen molar-refractivity contribution in [2.75, 3.05) is 20.6 Å². The Morgan fingerprint density at radius 2 is 2.07 bits per heavy atom. The summed E-state index contributed by atoms with van der Waals surface area (Å²) in [5.41, 5.74) is 2.41. The first-order valence-electron chi connectivity index (χ1n) is 9.34. The number of aliphatic imine (C=N–C) groups is 1. The van der Waals surface area contributed by atoms with Gasteiger partial charge in [-0.1, -0.05) is 13.8 Å². The van der Waals surface area contributed by atoms with Crippen LogP contribution in [0.2, 0.25) is 0 Å². The van der Waals surface area contributed by atoms with E-state index in [9.17, 15) is 0 Å². The van der Waals surface area contributed by atoms with Crippen molar-refractivity contribution in [3.05, 3.63) is 35.7 Å². The van der Waals surface area contributed by atoms with Crippen molar-refractivity contribution in [2.24, 2.45) is 12.0 Å². The SMILES string of the molecule is CN=C(NCCCCn1ccnc1C)N(C)Cc1cn(C)nc1C(C)C.I. The molecule has 0 unspecified atom stereocenters. The summed E-state index contributed by atoms with van der Waals surface area (Å²) < 4.78 is 4.09. The summed E-state index contributed by atoms with van der Waals surface area (Å²) in [6.45, 7) is 9.13. The largest absolute Gasteiger partial charge is 0.356 e. The van der Waals surface area contributed by atoms with Gasteiger partial charge in [0.25, 0.3) is 0 Å². The Morgan fingerprint density at radius 3 is 2.67 bits per heavy atom. The number of hydrogen-bond donors (Lipinski definition) is 1. The highest BCUT2D eigenvalue weighted by molar-refractivity contribution is 14.0. The summed E-state index contributed by atoms with van der Waals surface area (Å²) in [5.74, 6) is 2.41. The average Bonchev–Trinajstić information content (AvgIpc) is 3.16. The summed E-state index contributed by atoms with van der Waals surface area (Å²) in [6, 6.07) is 0. The van der Waals surface area contributed by atoms with Gasteiger partial charge in [0, 0.05) is 64.9 Å². The second-order valence-corrected chi connectivity index (χ2v) is 7.07. The maximum atomic E-state index is 4.59. The minimum absolute atomic E-state index is 0. The number of aromatic nitrogens is 4. The lowest BCUT2D eigenvalue weighted by Crippen LogP contribution is -2.39.